The third kappa shape index (κ3) is 5.10. The molecule has 3 heterocycles. The van der Waals surface area contributed by atoms with Gasteiger partial charge in [-0.05, 0) is 61.4 Å². The molecule has 0 unspecified atom stereocenters. The highest BCUT2D eigenvalue weighted by molar-refractivity contribution is 5.97. The zero-order chi connectivity index (χ0) is 26.1. The van der Waals surface area contributed by atoms with Gasteiger partial charge in [0.2, 0.25) is 17.5 Å². The summed E-state index contributed by atoms with van der Waals surface area (Å²) in [4.78, 5) is 29.9. The van der Waals surface area contributed by atoms with Crippen LogP contribution in [0.1, 0.15) is 90.8 Å². The van der Waals surface area contributed by atoms with E-state index in [1.165, 1.54) is 12.1 Å². The van der Waals surface area contributed by atoms with Gasteiger partial charge in [0, 0.05) is 24.3 Å². The van der Waals surface area contributed by atoms with E-state index >= 15 is 0 Å². The number of fused-ring (bicyclic) bond motifs is 2. The number of benzene rings is 2. The highest BCUT2D eigenvalue weighted by Gasteiger charge is 2.36. The normalized spacial score (nSPS) is 20.6. The highest BCUT2D eigenvalue weighted by Crippen LogP contribution is 2.39. The molecule has 1 aromatic heterocycles. The van der Waals surface area contributed by atoms with Crippen molar-refractivity contribution < 1.29 is 18.4 Å². The van der Waals surface area contributed by atoms with Gasteiger partial charge in [0.25, 0.3) is 0 Å². The number of rotatable bonds is 8. The second kappa shape index (κ2) is 10.4. The molecule has 1 N–H and O–H groups in total. The van der Waals surface area contributed by atoms with Crippen LogP contribution in [0, 0.1) is 11.7 Å². The molecule has 3 atom stereocenters. The molecule has 3 aromatic rings. The van der Waals surface area contributed by atoms with Crippen molar-refractivity contribution in [1.29, 1.82) is 0 Å². The number of alkyl halides is 1. The summed E-state index contributed by atoms with van der Waals surface area (Å²) in [6.07, 6.45) is 2.31. The third-order valence-electron chi connectivity index (χ3n) is 7.33. The fraction of sp³-hybridized carbons (Fsp3) is 0.379. The van der Waals surface area contributed by atoms with Crippen molar-refractivity contribution in [2.24, 2.45) is 5.92 Å². The quantitative estimate of drug-likeness (QED) is 0.285. The van der Waals surface area contributed by atoms with Gasteiger partial charge in [-0.1, -0.05) is 43.3 Å². The first-order valence-corrected chi connectivity index (χ1v) is 12.8. The van der Waals surface area contributed by atoms with Gasteiger partial charge in [-0.25, -0.2) is 18.4 Å². The predicted octanol–water partition coefficient (Wildman–Crippen LogP) is 6.40. The molecule has 2 aromatic carbocycles. The lowest BCUT2D eigenvalue weighted by atomic mass is 9.94. The molecule has 37 heavy (non-hydrogen) atoms. The summed E-state index contributed by atoms with van der Waals surface area (Å²) in [6.45, 7) is 5.70. The van der Waals surface area contributed by atoms with E-state index in [1.807, 2.05) is 30.3 Å². The Labute approximate surface area is 214 Å². The molecule has 1 amide bonds. The van der Waals surface area contributed by atoms with Crippen molar-refractivity contribution in [3.63, 3.8) is 0 Å². The molecule has 5 rings (SSSR count). The Balaban J connectivity index is 1.17. The second-order valence-corrected chi connectivity index (χ2v) is 10.0. The van der Waals surface area contributed by atoms with E-state index in [1.54, 1.807) is 11.6 Å². The Morgan fingerprint density at radius 3 is 2.76 bits per heavy atom. The van der Waals surface area contributed by atoms with Crippen LogP contribution in [-0.2, 0) is 11.2 Å². The number of amides is 1. The van der Waals surface area contributed by atoms with Crippen LogP contribution in [0.2, 0.25) is 0 Å². The van der Waals surface area contributed by atoms with Gasteiger partial charge in [-0.15, -0.1) is 5.10 Å². The van der Waals surface area contributed by atoms with Crippen molar-refractivity contribution in [3.05, 3.63) is 83.2 Å². The molecule has 8 heteroatoms. The minimum atomic E-state index is -1.25. The third-order valence-corrected chi connectivity index (χ3v) is 7.33. The standard InChI is InChI=1S/C29H30F2N4O2/c1-17(2)22-15-21(30)14-20-13-12-19(29(37)32-26(20)22)10-6-7-11-25(36)27-33-28-23(31)16-24(35(28)34-27)18-8-4-3-5-9-18/h3-5,8-9,14-15,19,23-24H,1,6-7,10-13,16H2,2H3,(H,32,37)/t19-,23+,24+/m0/s1. The molecule has 2 aliphatic rings. The lowest BCUT2D eigenvalue weighted by Crippen LogP contribution is -2.21. The first kappa shape index (κ1) is 25.0. The summed E-state index contributed by atoms with van der Waals surface area (Å²) in [5, 5.41) is 7.34. The SMILES string of the molecule is C=C(C)c1cc(F)cc2c1NC(=O)[C@@H](CCCCC(=O)c1nc3n(n1)[C@@H](c1ccccc1)C[C@H]3F)CC2. The van der Waals surface area contributed by atoms with Crippen LogP contribution < -0.4 is 5.32 Å². The first-order valence-electron chi connectivity index (χ1n) is 12.8. The smallest absolute Gasteiger partial charge is 0.227 e. The molecule has 0 radical (unpaired) electrons. The number of allylic oxidation sites excluding steroid dienone is 1. The van der Waals surface area contributed by atoms with Crippen LogP contribution in [0.25, 0.3) is 5.57 Å². The number of anilines is 1. The largest absolute Gasteiger partial charge is 0.325 e. The summed E-state index contributed by atoms with van der Waals surface area (Å²) in [5.41, 5.74) is 3.69. The summed E-state index contributed by atoms with van der Waals surface area (Å²) in [7, 11) is 0. The average molecular weight is 505 g/mol. The Bertz CT molecular complexity index is 1350. The van der Waals surface area contributed by atoms with E-state index < -0.39 is 6.17 Å². The lowest BCUT2D eigenvalue weighted by Gasteiger charge is -2.15. The number of nitrogens with one attached hydrogen (secondary N) is 1. The maximum atomic E-state index is 14.6. The Kier molecular flexibility index (Phi) is 7.00. The zero-order valence-corrected chi connectivity index (χ0v) is 20.8. The van der Waals surface area contributed by atoms with E-state index in [2.05, 4.69) is 22.0 Å². The minimum absolute atomic E-state index is 0.0512. The molecule has 2 aliphatic heterocycles. The number of carbonyl (C=O) groups is 2. The molecular formula is C29H30F2N4O2. The predicted molar refractivity (Wildman–Crippen MR) is 137 cm³/mol. The van der Waals surface area contributed by atoms with E-state index in [0.717, 1.165) is 11.1 Å². The average Bonchev–Trinajstić information content (AvgIpc) is 3.40. The first-order chi connectivity index (χ1) is 17.8. The van der Waals surface area contributed by atoms with E-state index in [9.17, 15) is 18.4 Å². The van der Waals surface area contributed by atoms with Crippen LogP contribution in [0.3, 0.4) is 0 Å². The number of aromatic nitrogens is 3. The van der Waals surface area contributed by atoms with E-state index in [-0.39, 0.29) is 54.0 Å². The monoisotopic (exact) mass is 504 g/mol. The molecule has 6 nitrogen and oxygen atoms in total. The number of hydrogen-bond donors (Lipinski definition) is 1. The van der Waals surface area contributed by atoms with Crippen molar-refractivity contribution >= 4 is 23.0 Å². The van der Waals surface area contributed by atoms with Crippen LogP contribution >= 0.6 is 0 Å². The number of unbranched alkanes of at least 4 members (excludes halogenated alkanes) is 1. The van der Waals surface area contributed by atoms with Gasteiger partial charge in [0.1, 0.15) is 5.82 Å². The van der Waals surface area contributed by atoms with Crippen molar-refractivity contribution in [3.8, 4) is 0 Å². The number of nitrogens with zero attached hydrogens (tertiary/aromatic N) is 3. The Morgan fingerprint density at radius 2 is 2.00 bits per heavy atom. The van der Waals surface area contributed by atoms with Crippen LogP contribution in [0.15, 0.2) is 49.0 Å². The highest BCUT2D eigenvalue weighted by atomic mass is 19.1. The van der Waals surface area contributed by atoms with E-state index in [0.29, 0.717) is 48.9 Å². The number of Topliss-reactive ketones (excluding diaryl/α,β-unsaturated/α-hetero) is 1. The molecule has 0 saturated carbocycles. The molecule has 0 aliphatic carbocycles. The maximum absolute atomic E-state index is 14.6. The molecule has 0 bridgehead atoms. The fourth-order valence-electron chi connectivity index (χ4n) is 5.34. The zero-order valence-electron chi connectivity index (χ0n) is 20.8. The molecule has 0 saturated heterocycles. The Hall–Kier alpha value is -3.68. The Morgan fingerprint density at radius 1 is 1.22 bits per heavy atom. The van der Waals surface area contributed by atoms with Gasteiger partial charge < -0.3 is 5.32 Å². The maximum Gasteiger partial charge on any atom is 0.227 e. The summed E-state index contributed by atoms with van der Waals surface area (Å²) >= 11 is 0. The van der Waals surface area contributed by atoms with Crippen molar-refractivity contribution in [2.45, 2.75) is 64.1 Å². The number of hydrogen-bond acceptors (Lipinski definition) is 4. The van der Waals surface area contributed by atoms with Crippen molar-refractivity contribution in [1.82, 2.24) is 14.8 Å². The number of halogens is 2. The van der Waals surface area contributed by atoms with Gasteiger partial charge in [0.15, 0.2) is 12.0 Å². The topological polar surface area (TPSA) is 76.9 Å². The van der Waals surface area contributed by atoms with Gasteiger partial charge >= 0.3 is 0 Å². The second-order valence-electron chi connectivity index (χ2n) is 10.0. The molecule has 0 spiro atoms. The van der Waals surface area contributed by atoms with Crippen molar-refractivity contribution in [2.75, 3.05) is 5.32 Å². The summed E-state index contributed by atoms with van der Waals surface area (Å²) < 4.78 is 30.2. The minimum Gasteiger partial charge on any atom is -0.325 e. The van der Waals surface area contributed by atoms with Gasteiger partial charge in [-0.2, -0.15) is 0 Å². The van der Waals surface area contributed by atoms with Gasteiger partial charge in [0.05, 0.1) is 11.7 Å². The van der Waals surface area contributed by atoms with Crippen LogP contribution in [0.4, 0.5) is 14.5 Å². The summed E-state index contributed by atoms with van der Waals surface area (Å²) in [5.74, 6) is -0.617. The molecule has 192 valence electrons. The van der Waals surface area contributed by atoms with Crippen LogP contribution in [-0.4, -0.2) is 26.5 Å². The van der Waals surface area contributed by atoms with E-state index in [4.69, 9.17) is 0 Å². The number of ketones is 1. The summed E-state index contributed by atoms with van der Waals surface area (Å²) in [6, 6.07) is 12.2. The fourth-order valence-corrected chi connectivity index (χ4v) is 5.34. The van der Waals surface area contributed by atoms with Gasteiger partial charge in [-0.3, -0.25) is 9.59 Å². The van der Waals surface area contributed by atoms with Crippen LogP contribution in [0.5, 0.6) is 0 Å². The molecule has 0 fully saturated rings. The lowest BCUT2D eigenvalue weighted by molar-refractivity contribution is -0.120. The number of carbonyl (C=O) groups excluding carboxylic acids is 2. The number of aryl methyl sites for hydroxylation is 1. The molecular weight excluding hydrogens is 474 g/mol.